The largest absolute Gasteiger partial charge is 0.478 e. The van der Waals surface area contributed by atoms with Gasteiger partial charge in [-0.15, -0.1) is 0 Å². The van der Waals surface area contributed by atoms with Crippen LogP contribution in [0.25, 0.3) is 10.8 Å². The highest BCUT2D eigenvalue weighted by Gasteiger charge is 2.20. The molecule has 3 aromatic rings. The van der Waals surface area contributed by atoms with E-state index in [1.165, 1.54) is 6.07 Å². The van der Waals surface area contributed by atoms with Crippen molar-refractivity contribution in [3.8, 4) is 5.88 Å². The number of halogens is 1. The monoisotopic (exact) mass is 463 g/mol. The Bertz CT molecular complexity index is 1190. The first kappa shape index (κ1) is 22.5. The number of rotatable bonds is 7. The van der Waals surface area contributed by atoms with E-state index in [-0.39, 0.29) is 11.7 Å². The van der Waals surface area contributed by atoms with Crippen LogP contribution in [0.3, 0.4) is 0 Å². The lowest BCUT2D eigenvalue weighted by molar-refractivity contribution is -0.116. The molecule has 0 aliphatic carbocycles. The summed E-state index contributed by atoms with van der Waals surface area (Å²) in [6.45, 7) is 7.36. The van der Waals surface area contributed by atoms with Gasteiger partial charge in [-0.25, -0.2) is 9.37 Å². The maximum Gasteiger partial charge on any atom is 0.225 e. The molecule has 4 heterocycles. The van der Waals surface area contributed by atoms with Gasteiger partial charge in [0.2, 0.25) is 11.8 Å². The van der Waals surface area contributed by atoms with Gasteiger partial charge in [0.1, 0.15) is 17.5 Å². The number of anilines is 2. The van der Waals surface area contributed by atoms with Gasteiger partial charge in [-0.05, 0) is 74.0 Å². The predicted octanol–water partition coefficient (Wildman–Crippen LogP) is 3.94. The molecule has 2 aliphatic rings. The zero-order valence-electron chi connectivity index (χ0n) is 19.5. The number of hydrogen-bond acceptors (Lipinski definition) is 6. The molecule has 1 aromatic carbocycles. The molecule has 1 amide bonds. The van der Waals surface area contributed by atoms with Gasteiger partial charge >= 0.3 is 0 Å². The fraction of sp³-hybridized carbons (Fsp3) is 0.423. The number of hydrogen-bond donors (Lipinski definition) is 1. The molecule has 34 heavy (non-hydrogen) atoms. The lowest BCUT2D eigenvalue weighted by atomic mass is 10.1. The average Bonchev–Trinajstić information content (AvgIpc) is 2.83. The topological polar surface area (TPSA) is 70.6 Å². The molecular formula is C26H30FN5O2. The average molecular weight is 464 g/mol. The summed E-state index contributed by atoms with van der Waals surface area (Å²) >= 11 is 0. The molecule has 1 N–H and O–H groups in total. The van der Waals surface area contributed by atoms with E-state index in [0.717, 1.165) is 79.8 Å². The zero-order valence-corrected chi connectivity index (χ0v) is 19.5. The maximum absolute atomic E-state index is 13.7. The molecule has 0 saturated carbocycles. The maximum atomic E-state index is 13.7. The molecule has 2 aromatic heterocycles. The predicted molar refractivity (Wildman–Crippen MR) is 131 cm³/mol. The van der Waals surface area contributed by atoms with E-state index in [9.17, 15) is 9.18 Å². The van der Waals surface area contributed by atoms with Crippen molar-refractivity contribution >= 4 is 28.3 Å². The van der Waals surface area contributed by atoms with Crippen molar-refractivity contribution < 1.29 is 13.9 Å². The number of piperazine rings is 1. The van der Waals surface area contributed by atoms with E-state index in [4.69, 9.17) is 9.72 Å². The zero-order chi connectivity index (χ0) is 23.5. The van der Waals surface area contributed by atoms with Crippen LogP contribution in [0.1, 0.15) is 30.5 Å². The summed E-state index contributed by atoms with van der Waals surface area (Å²) in [5, 5.41) is 4.72. The summed E-state index contributed by atoms with van der Waals surface area (Å²) in [5.41, 5.74) is 1.97. The molecule has 0 atom stereocenters. The number of nitrogens with one attached hydrogen (secondary N) is 1. The second kappa shape index (κ2) is 9.93. The highest BCUT2D eigenvalue weighted by atomic mass is 19.1. The second-order valence-corrected chi connectivity index (χ2v) is 9.04. The van der Waals surface area contributed by atoms with E-state index in [0.29, 0.717) is 24.7 Å². The number of aryl methyl sites for hydroxylation is 2. The Labute approximate surface area is 198 Å². The van der Waals surface area contributed by atoms with E-state index in [1.807, 2.05) is 31.2 Å². The number of amides is 1. The summed E-state index contributed by atoms with van der Waals surface area (Å²) in [6, 6.07) is 10.7. The van der Waals surface area contributed by atoms with E-state index in [2.05, 4.69) is 20.1 Å². The molecule has 7 nitrogen and oxygen atoms in total. The van der Waals surface area contributed by atoms with Gasteiger partial charge in [0.25, 0.3) is 0 Å². The molecule has 2 aliphatic heterocycles. The van der Waals surface area contributed by atoms with Crippen LogP contribution in [0.5, 0.6) is 5.88 Å². The van der Waals surface area contributed by atoms with Gasteiger partial charge in [-0.2, -0.15) is 4.98 Å². The normalized spacial score (nSPS) is 16.4. The van der Waals surface area contributed by atoms with Crippen LogP contribution < -0.4 is 15.0 Å². The lowest BCUT2D eigenvalue weighted by Crippen LogP contribution is -2.47. The van der Waals surface area contributed by atoms with Gasteiger partial charge < -0.3 is 15.0 Å². The van der Waals surface area contributed by atoms with Gasteiger partial charge in [0, 0.05) is 49.7 Å². The second-order valence-electron chi connectivity index (χ2n) is 9.04. The molecular weight excluding hydrogens is 433 g/mol. The number of pyridine rings is 2. The minimum atomic E-state index is -0.216. The van der Waals surface area contributed by atoms with Crippen LogP contribution in [-0.2, 0) is 11.2 Å². The first-order chi connectivity index (χ1) is 16.5. The minimum absolute atomic E-state index is 0.0116. The third-order valence-electron chi connectivity index (χ3n) is 6.52. The van der Waals surface area contributed by atoms with Gasteiger partial charge in [-0.3, -0.25) is 9.69 Å². The van der Waals surface area contributed by atoms with Crippen molar-refractivity contribution in [3.05, 3.63) is 53.5 Å². The molecule has 0 unspecified atom stereocenters. The van der Waals surface area contributed by atoms with E-state index in [1.54, 1.807) is 6.07 Å². The molecule has 178 valence electrons. The standard InChI is InChI=1S/C26H30FN5O2/c1-18-16-20-17-21(27)6-7-22(20)26(28-18)32-13-11-31(12-14-32)10-2-3-15-34-24-9-5-19-4-8-23(33)29-25(19)30-24/h5-7,9,16-17H,2-4,8,10-15H2,1H3,(H,29,30,33). The molecule has 1 fully saturated rings. The highest BCUT2D eigenvalue weighted by Crippen LogP contribution is 2.27. The van der Waals surface area contributed by atoms with E-state index < -0.39 is 0 Å². The number of carbonyl (C=O) groups excluding carboxylic acids is 1. The van der Waals surface area contributed by atoms with Crippen LogP contribution in [0.2, 0.25) is 0 Å². The van der Waals surface area contributed by atoms with Gasteiger partial charge in [0.05, 0.1) is 6.61 Å². The van der Waals surface area contributed by atoms with Crippen LogP contribution in [0.15, 0.2) is 36.4 Å². The van der Waals surface area contributed by atoms with Crippen molar-refractivity contribution in [2.75, 3.05) is 49.5 Å². The number of fused-ring (bicyclic) bond motifs is 2. The lowest BCUT2D eigenvalue weighted by Gasteiger charge is -2.36. The van der Waals surface area contributed by atoms with Crippen LogP contribution in [0.4, 0.5) is 16.0 Å². The number of benzene rings is 1. The van der Waals surface area contributed by atoms with Crippen LogP contribution in [0, 0.1) is 12.7 Å². The van der Waals surface area contributed by atoms with Crippen molar-refractivity contribution in [3.63, 3.8) is 0 Å². The number of aromatic nitrogens is 2. The summed E-state index contributed by atoms with van der Waals surface area (Å²) in [6.07, 6.45) is 3.24. The Morgan fingerprint density at radius 3 is 2.74 bits per heavy atom. The molecule has 8 heteroatoms. The molecule has 0 spiro atoms. The van der Waals surface area contributed by atoms with Crippen molar-refractivity contribution in [1.82, 2.24) is 14.9 Å². The van der Waals surface area contributed by atoms with Crippen molar-refractivity contribution in [1.29, 1.82) is 0 Å². The summed E-state index contributed by atoms with van der Waals surface area (Å²) in [5.74, 6) is 1.95. The fourth-order valence-corrected chi connectivity index (χ4v) is 4.68. The Morgan fingerprint density at radius 2 is 1.88 bits per heavy atom. The van der Waals surface area contributed by atoms with Gasteiger partial charge in [-0.1, -0.05) is 0 Å². The van der Waals surface area contributed by atoms with E-state index >= 15 is 0 Å². The molecule has 1 saturated heterocycles. The third-order valence-corrected chi connectivity index (χ3v) is 6.52. The van der Waals surface area contributed by atoms with Crippen LogP contribution in [-0.4, -0.2) is 60.1 Å². The van der Waals surface area contributed by atoms with Crippen LogP contribution >= 0.6 is 0 Å². The minimum Gasteiger partial charge on any atom is -0.478 e. The summed E-state index contributed by atoms with van der Waals surface area (Å²) in [7, 11) is 0. The number of ether oxygens (including phenoxy) is 1. The Hall–Kier alpha value is -3.26. The van der Waals surface area contributed by atoms with Crippen molar-refractivity contribution in [2.24, 2.45) is 0 Å². The Morgan fingerprint density at radius 1 is 1.03 bits per heavy atom. The summed E-state index contributed by atoms with van der Waals surface area (Å²) < 4.78 is 19.5. The number of carbonyl (C=O) groups is 1. The Kier molecular flexibility index (Phi) is 6.58. The number of nitrogens with zero attached hydrogens (tertiary/aromatic N) is 4. The first-order valence-corrected chi connectivity index (χ1v) is 12.0. The third kappa shape index (κ3) is 5.12. The Balaban J connectivity index is 1.07. The SMILES string of the molecule is Cc1cc2cc(F)ccc2c(N2CCN(CCCCOc3ccc4c(n3)NC(=O)CC4)CC2)n1. The van der Waals surface area contributed by atoms with Crippen molar-refractivity contribution in [2.45, 2.75) is 32.6 Å². The molecule has 5 rings (SSSR count). The summed E-state index contributed by atoms with van der Waals surface area (Å²) in [4.78, 5) is 25.5. The molecule has 0 radical (unpaired) electrons. The van der Waals surface area contributed by atoms with Gasteiger partial charge in [0.15, 0.2) is 0 Å². The molecule has 0 bridgehead atoms. The number of unbranched alkanes of at least 4 members (excludes halogenated alkanes) is 1. The smallest absolute Gasteiger partial charge is 0.225 e. The highest BCUT2D eigenvalue weighted by molar-refractivity contribution is 5.93. The quantitative estimate of drug-likeness (QED) is 0.535. The fourth-order valence-electron chi connectivity index (χ4n) is 4.68. The first-order valence-electron chi connectivity index (χ1n) is 12.0.